The van der Waals surface area contributed by atoms with Crippen molar-refractivity contribution in [2.24, 2.45) is 17.3 Å². The average molecular weight is 261 g/mol. The van der Waals surface area contributed by atoms with Crippen molar-refractivity contribution in [2.75, 3.05) is 19.6 Å². The molecular formula is C13H25ClN2O. The highest BCUT2D eigenvalue weighted by molar-refractivity contribution is 5.85. The minimum atomic E-state index is -0.00859. The normalized spacial score (nSPS) is 22.3. The summed E-state index contributed by atoms with van der Waals surface area (Å²) < 4.78 is 0. The summed E-state index contributed by atoms with van der Waals surface area (Å²) in [4.78, 5) is 12.2. The van der Waals surface area contributed by atoms with Crippen molar-refractivity contribution in [2.45, 2.75) is 39.5 Å². The molecule has 2 rings (SSSR count). The SMILES string of the molecule is CC(C)CC1(C(=O)NCC2CNC2)CCC1.Cl. The summed E-state index contributed by atoms with van der Waals surface area (Å²) in [5.41, 5.74) is -0.00859. The molecule has 0 bridgehead atoms. The number of carbonyl (C=O) groups excluding carboxylic acids is 1. The number of rotatable bonds is 5. The molecular weight excluding hydrogens is 236 g/mol. The first-order valence-electron chi connectivity index (χ1n) is 6.61. The minimum absolute atomic E-state index is 0. The molecule has 0 aromatic rings. The summed E-state index contributed by atoms with van der Waals surface area (Å²) in [6.45, 7) is 7.42. The van der Waals surface area contributed by atoms with Crippen molar-refractivity contribution in [3.63, 3.8) is 0 Å². The summed E-state index contributed by atoms with van der Waals surface area (Å²) in [5.74, 6) is 1.61. The fraction of sp³-hybridized carbons (Fsp3) is 0.923. The minimum Gasteiger partial charge on any atom is -0.355 e. The van der Waals surface area contributed by atoms with E-state index in [1.54, 1.807) is 0 Å². The summed E-state index contributed by atoms with van der Waals surface area (Å²) in [7, 11) is 0. The lowest BCUT2D eigenvalue weighted by Gasteiger charge is -2.42. The molecule has 0 aromatic heterocycles. The highest BCUT2D eigenvalue weighted by atomic mass is 35.5. The Hall–Kier alpha value is -0.280. The second-order valence-electron chi connectivity index (χ2n) is 5.97. The van der Waals surface area contributed by atoms with E-state index < -0.39 is 0 Å². The number of hydrogen-bond donors (Lipinski definition) is 2. The molecule has 2 fully saturated rings. The van der Waals surface area contributed by atoms with Crippen LogP contribution >= 0.6 is 12.4 Å². The van der Waals surface area contributed by atoms with Crippen LogP contribution < -0.4 is 10.6 Å². The summed E-state index contributed by atoms with van der Waals surface area (Å²) in [6, 6.07) is 0. The van der Waals surface area contributed by atoms with Crippen molar-refractivity contribution in [3.05, 3.63) is 0 Å². The van der Waals surface area contributed by atoms with E-state index in [-0.39, 0.29) is 17.8 Å². The van der Waals surface area contributed by atoms with Gasteiger partial charge in [-0.1, -0.05) is 20.3 Å². The van der Waals surface area contributed by atoms with E-state index >= 15 is 0 Å². The van der Waals surface area contributed by atoms with Crippen LogP contribution in [0.15, 0.2) is 0 Å². The lowest BCUT2D eigenvalue weighted by atomic mass is 9.64. The summed E-state index contributed by atoms with van der Waals surface area (Å²) in [5, 5.41) is 6.39. The molecule has 0 spiro atoms. The molecule has 0 unspecified atom stereocenters. The Balaban J connectivity index is 0.00000144. The van der Waals surface area contributed by atoms with E-state index in [1.165, 1.54) is 6.42 Å². The molecule has 4 heteroatoms. The van der Waals surface area contributed by atoms with Gasteiger partial charge in [0.25, 0.3) is 0 Å². The number of carbonyl (C=O) groups is 1. The zero-order chi connectivity index (χ0) is 11.6. The zero-order valence-corrected chi connectivity index (χ0v) is 11.7. The van der Waals surface area contributed by atoms with Gasteiger partial charge in [-0.15, -0.1) is 12.4 Å². The number of amides is 1. The summed E-state index contributed by atoms with van der Waals surface area (Å²) in [6.07, 6.45) is 4.48. The van der Waals surface area contributed by atoms with Gasteiger partial charge in [0.1, 0.15) is 0 Å². The average Bonchev–Trinajstić information content (AvgIpc) is 2.08. The second-order valence-corrected chi connectivity index (χ2v) is 5.97. The first-order valence-corrected chi connectivity index (χ1v) is 6.61. The van der Waals surface area contributed by atoms with Crippen LogP contribution in [0.25, 0.3) is 0 Å². The highest BCUT2D eigenvalue weighted by Crippen LogP contribution is 2.46. The van der Waals surface area contributed by atoms with E-state index in [1.807, 2.05) is 0 Å². The largest absolute Gasteiger partial charge is 0.355 e. The molecule has 1 aliphatic carbocycles. The van der Waals surface area contributed by atoms with Crippen molar-refractivity contribution >= 4 is 18.3 Å². The smallest absolute Gasteiger partial charge is 0.226 e. The molecule has 1 saturated heterocycles. The van der Waals surface area contributed by atoms with Gasteiger partial charge in [-0.3, -0.25) is 4.79 Å². The van der Waals surface area contributed by atoms with Gasteiger partial charge in [0.15, 0.2) is 0 Å². The second kappa shape index (κ2) is 6.05. The fourth-order valence-electron chi connectivity index (χ4n) is 2.83. The van der Waals surface area contributed by atoms with E-state index in [4.69, 9.17) is 0 Å². The van der Waals surface area contributed by atoms with Gasteiger partial charge in [0.2, 0.25) is 5.91 Å². The van der Waals surface area contributed by atoms with E-state index in [9.17, 15) is 4.79 Å². The van der Waals surface area contributed by atoms with Crippen LogP contribution in [0.2, 0.25) is 0 Å². The van der Waals surface area contributed by atoms with Gasteiger partial charge in [-0.05, 0) is 25.2 Å². The fourth-order valence-corrected chi connectivity index (χ4v) is 2.83. The molecule has 0 atom stereocenters. The first-order chi connectivity index (χ1) is 7.62. The molecule has 2 aliphatic rings. The first kappa shape index (κ1) is 14.8. The van der Waals surface area contributed by atoms with Gasteiger partial charge in [-0.25, -0.2) is 0 Å². The highest BCUT2D eigenvalue weighted by Gasteiger charge is 2.44. The van der Waals surface area contributed by atoms with Gasteiger partial charge in [0, 0.05) is 31.0 Å². The molecule has 1 aliphatic heterocycles. The maximum absolute atomic E-state index is 12.2. The van der Waals surface area contributed by atoms with Crippen LogP contribution in [0.3, 0.4) is 0 Å². The van der Waals surface area contributed by atoms with Crippen molar-refractivity contribution in [1.82, 2.24) is 10.6 Å². The van der Waals surface area contributed by atoms with Gasteiger partial charge in [-0.2, -0.15) is 0 Å². The van der Waals surface area contributed by atoms with Crippen LogP contribution in [-0.4, -0.2) is 25.5 Å². The number of nitrogens with one attached hydrogen (secondary N) is 2. The van der Waals surface area contributed by atoms with Crippen LogP contribution in [0, 0.1) is 17.3 Å². The van der Waals surface area contributed by atoms with E-state index in [2.05, 4.69) is 24.5 Å². The maximum Gasteiger partial charge on any atom is 0.226 e. The standard InChI is InChI=1S/C13H24N2O.ClH/c1-10(2)6-13(4-3-5-13)12(16)15-9-11-7-14-8-11;/h10-11,14H,3-9H2,1-2H3,(H,15,16);1H. The van der Waals surface area contributed by atoms with Gasteiger partial charge < -0.3 is 10.6 Å². The lowest BCUT2D eigenvalue weighted by molar-refractivity contribution is -0.137. The van der Waals surface area contributed by atoms with E-state index in [0.29, 0.717) is 17.7 Å². The third kappa shape index (κ3) is 3.35. The molecule has 2 N–H and O–H groups in total. The Bertz CT molecular complexity index is 260. The third-order valence-corrected chi connectivity index (χ3v) is 4.01. The predicted octanol–water partition coefficient (Wildman–Crippen LogP) is 1.96. The quantitative estimate of drug-likeness (QED) is 0.794. The van der Waals surface area contributed by atoms with Crippen molar-refractivity contribution < 1.29 is 4.79 Å². The molecule has 0 aromatic carbocycles. The maximum atomic E-state index is 12.2. The lowest BCUT2D eigenvalue weighted by Crippen LogP contribution is -2.52. The Morgan fingerprint density at radius 2 is 2.06 bits per heavy atom. The van der Waals surface area contributed by atoms with Crippen LogP contribution in [0.5, 0.6) is 0 Å². The third-order valence-electron chi connectivity index (χ3n) is 4.01. The number of halogens is 1. The Morgan fingerprint density at radius 1 is 1.41 bits per heavy atom. The monoisotopic (exact) mass is 260 g/mol. The molecule has 17 heavy (non-hydrogen) atoms. The van der Waals surface area contributed by atoms with Crippen LogP contribution in [-0.2, 0) is 4.79 Å². The Kier molecular flexibility index (Phi) is 5.26. The van der Waals surface area contributed by atoms with Gasteiger partial charge >= 0.3 is 0 Å². The molecule has 0 radical (unpaired) electrons. The Morgan fingerprint density at radius 3 is 2.41 bits per heavy atom. The predicted molar refractivity (Wildman–Crippen MR) is 72.4 cm³/mol. The molecule has 1 amide bonds. The molecule has 1 heterocycles. The topological polar surface area (TPSA) is 41.1 Å². The number of hydrogen-bond acceptors (Lipinski definition) is 2. The Labute approximate surface area is 111 Å². The van der Waals surface area contributed by atoms with Crippen LogP contribution in [0.1, 0.15) is 39.5 Å². The van der Waals surface area contributed by atoms with Gasteiger partial charge in [0.05, 0.1) is 0 Å². The molecule has 100 valence electrons. The van der Waals surface area contributed by atoms with Crippen molar-refractivity contribution in [3.8, 4) is 0 Å². The van der Waals surface area contributed by atoms with E-state index in [0.717, 1.165) is 38.9 Å². The van der Waals surface area contributed by atoms with Crippen molar-refractivity contribution in [1.29, 1.82) is 0 Å². The molecule has 1 saturated carbocycles. The molecule has 3 nitrogen and oxygen atoms in total. The zero-order valence-electron chi connectivity index (χ0n) is 10.9. The summed E-state index contributed by atoms with van der Waals surface area (Å²) >= 11 is 0. The van der Waals surface area contributed by atoms with Crippen LogP contribution in [0.4, 0.5) is 0 Å².